The highest BCUT2D eigenvalue weighted by Gasteiger charge is 2.20. The third-order valence-corrected chi connectivity index (χ3v) is 3.00. The molecule has 1 aliphatic rings. The topological polar surface area (TPSA) is 23.6 Å². The number of carbonyl (C=O) groups excluding carboxylic acids is 1. The highest BCUT2D eigenvalue weighted by molar-refractivity contribution is 5.94. The van der Waals surface area contributed by atoms with E-state index in [-0.39, 0.29) is 5.91 Å². The molecule has 0 saturated carbocycles. The molecular formula is C13H17N2O. The van der Waals surface area contributed by atoms with E-state index in [1.54, 1.807) is 0 Å². The van der Waals surface area contributed by atoms with Gasteiger partial charge < -0.3 is 4.90 Å². The lowest BCUT2D eigenvalue weighted by atomic mass is 10.2. The summed E-state index contributed by atoms with van der Waals surface area (Å²) in [4.78, 5) is 16.3. The maximum absolute atomic E-state index is 12.1. The molecule has 1 heterocycles. The van der Waals surface area contributed by atoms with E-state index in [1.807, 2.05) is 35.2 Å². The minimum atomic E-state index is 0.143. The molecule has 1 radical (unpaired) electrons. The average Bonchev–Trinajstić information content (AvgIpc) is 2.39. The van der Waals surface area contributed by atoms with E-state index in [4.69, 9.17) is 0 Å². The highest BCUT2D eigenvalue weighted by Crippen LogP contribution is 2.08. The van der Waals surface area contributed by atoms with Gasteiger partial charge >= 0.3 is 0 Å². The van der Waals surface area contributed by atoms with E-state index in [9.17, 15) is 4.79 Å². The number of piperazine rings is 1. The maximum Gasteiger partial charge on any atom is 0.253 e. The summed E-state index contributed by atoms with van der Waals surface area (Å²) in [6.45, 7) is 8.17. The molecule has 1 amide bonds. The van der Waals surface area contributed by atoms with Gasteiger partial charge in [-0.15, -0.1) is 0 Å². The fourth-order valence-corrected chi connectivity index (χ4v) is 1.94. The van der Waals surface area contributed by atoms with Gasteiger partial charge in [-0.2, -0.15) is 0 Å². The van der Waals surface area contributed by atoms with Gasteiger partial charge in [-0.3, -0.25) is 9.69 Å². The first-order valence-corrected chi connectivity index (χ1v) is 5.67. The molecule has 1 aromatic carbocycles. The number of rotatable bonds is 2. The van der Waals surface area contributed by atoms with Crippen LogP contribution in [0.15, 0.2) is 30.3 Å². The first-order chi connectivity index (χ1) is 7.81. The summed E-state index contributed by atoms with van der Waals surface area (Å²) >= 11 is 0. The van der Waals surface area contributed by atoms with Gasteiger partial charge in [0.1, 0.15) is 0 Å². The lowest BCUT2D eigenvalue weighted by Gasteiger charge is -2.34. The van der Waals surface area contributed by atoms with E-state index in [0.29, 0.717) is 0 Å². The maximum atomic E-state index is 12.1. The Morgan fingerprint density at radius 2 is 1.75 bits per heavy atom. The number of benzene rings is 1. The lowest BCUT2D eigenvalue weighted by molar-refractivity contribution is 0.0649. The Balaban J connectivity index is 1.97. The van der Waals surface area contributed by atoms with Gasteiger partial charge in [0.2, 0.25) is 0 Å². The molecule has 85 valence electrons. The molecule has 0 N–H and O–H groups in total. The van der Waals surface area contributed by atoms with Crippen molar-refractivity contribution in [3.8, 4) is 0 Å². The first-order valence-electron chi connectivity index (χ1n) is 5.67. The summed E-state index contributed by atoms with van der Waals surface area (Å²) in [6, 6.07) is 9.47. The number of hydrogen-bond donors (Lipinski definition) is 0. The minimum Gasteiger partial charge on any atom is -0.336 e. The van der Waals surface area contributed by atoms with E-state index >= 15 is 0 Å². The van der Waals surface area contributed by atoms with Crippen molar-refractivity contribution in [2.24, 2.45) is 0 Å². The zero-order valence-corrected chi connectivity index (χ0v) is 9.43. The summed E-state index contributed by atoms with van der Waals surface area (Å²) in [5.41, 5.74) is 0.783. The first kappa shape index (κ1) is 11.1. The predicted molar refractivity (Wildman–Crippen MR) is 64.1 cm³/mol. The second-order valence-corrected chi connectivity index (χ2v) is 4.00. The molecule has 0 bridgehead atoms. The van der Waals surface area contributed by atoms with Gasteiger partial charge in [0, 0.05) is 31.7 Å². The van der Waals surface area contributed by atoms with Crippen molar-refractivity contribution in [3.63, 3.8) is 0 Å². The van der Waals surface area contributed by atoms with Crippen LogP contribution < -0.4 is 0 Å². The SMILES string of the molecule is [CH2]CN1CCN(C(=O)c2ccccc2)CC1. The summed E-state index contributed by atoms with van der Waals surface area (Å²) < 4.78 is 0. The summed E-state index contributed by atoms with van der Waals surface area (Å²) in [5.74, 6) is 0.143. The second-order valence-electron chi connectivity index (χ2n) is 4.00. The van der Waals surface area contributed by atoms with Crippen LogP contribution in [0.25, 0.3) is 0 Å². The van der Waals surface area contributed by atoms with Gasteiger partial charge in [-0.25, -0.2) is 0 Å². The average molecular weight is 217 g/mol. The van der Waals surface area contributed by atoms with Gasteiger partial charge in [0.05, 0.1) is 0 Å². The Morgan fingerprint density at radius 3 is 2.31 bits per heavy atom. The predicted octanol–water partition coefficient (Wildman–Crippen LogP) is 1.28. The number of amides is 1. The number of nitrogens with zero attached hydrogens (tertiary/aromatic N) is 2. The highest BCUT2D eigenvalue weighted by atomic mass is 16.2. The Kier molecular flexibility index (Phi) is 3.57. The van der Waals surface area contributed by atoms with Crippen molar-refractivity contribution < 1.29 is 4.79 Å². The Hall–Kier alpha value is -1.35. The Bertz CT molecular complexity index is 342. The fourth-order valence-electron chi connectivity index (χ4n) is 1.94. The van der Waals surface area contributed by atoms with E-state index in [1.165, 1.54) is 0 Å². The molecule has 1 saturated heterocycles. The molecule has 1 aromatic rings. The largest absolute Gasteiger partial charge is 0.336 e. The third kappa shape index (κ3) is 2.42. The molecule has 0 aromatic heterocycles. The second kappa shape index (κ2) is 5.12. The fraction of sp³-hybridized carbons (Fsp3) is 0.385. The molecule has 1 aliphatic heterocycles. The lowest BCUT2D eigenvalue weighted by Crippen LogP contribution is -2.48. The van der Waals surface area contributed by atoms with Crippen LogP contribution in [-0.2, 0) is 0 Å². The smallest absolute Gasteiger partial charge is 0.253 e. The molecule has 3 heteroatoms. The number of carbonyl (C=O) groups is 1. The zero-order valence-electron chi connectivity index (χ0n) is 9.43. The van der Waals surface area contributed by atoms with Crippen LogP contribution in [0.3, 0.4) is 0 Å². The molecule has 1 fully saturated rings. The Labute approximate surface area is 96.7 Å². The van der Waals surface area contributed by atoms with Crippen LogP contribution in [0.5, 0.6) is 0 Å². The van der Waals surface area contributed by atoms with Crippen molar-refractivity contribution >= 4 is 5.91 Å². The minimum absolute atomic E-state index is 0.143. The van der Waals surface area contributed by atoms with Crippen LogP contribution in [0.1, 0.15) is 10.4 Å². The van der Waals surface area contributed by atoms with Crippen molar-refractivity contribution in [1.82, 2.24) is 9.80 Å². The standard InChI is InChI=1S/C13H17N2O/c1-2-14-8-10-15(11-9-14)13(16)12-6-4-3-5-7-12/h3-7H,1-2,8-11H2. The van der Waals surface area contributed by atoms with Gasteiger partial charge in [-0.1, -0.05) is 18.2 Å². The monoisotopic (exact) mass is 217 g/mol. The van der Waals surface area contributed by atoms with Crippen LogP contribution in [-0.4, -0.2) is 48.4 Å². The summed E-state index contributed by atoms with van der Waals surface area (Å²) in [5, 5.41) is 0. The third-order valence-electron chi connectivity index (χ3n) is 3.00. The molecule has 0 spiro atoms. The van der Waals surface area contributed by atoms with Crippen molar-refractivity contribution in [2.75, 3.05) is 32.7 Å². The van der Waals surface area contributed by atoms with Crippen LogP contribution >= 0.6 is 0 Å². The number of hydrogen-bond acceptors (Lipinski definition) is 2. The van der Waals surface area contributed by atoms with E-state index < -0.39 is 0 Å². The normalized spacial score (nSPS) is 17.4. The molecular weight excluding hydrogens is 200 g/mol. The Morgan fingerprint density at radius 1 is 1.12 bits per heavy atom. The van der Waals surface area contributed by atoms with Crippen molar-refractivity contribution in [2.45, 2.75) is 0 Å². The van der Waals surface area contributed by atoms with Crippen molar-refractivity contribution in [1.29, 1.82) is 0 Å². The zero-order chi connectivity index (χ0) is 11.4. The molecule has 0 unspecified atom stereocenters. The van der Waals surface area contributed by atoms with Gasteiger partial charge in [0.25, 0.3) is 5.91 Å². The summed E-state index contributed by atoms with van der Waals surface area (Å²) in [6.07, 6.45) is 0. The molecule has 16 heavy (non-hydrogen) atoms. The molecule has 0 aliphatic carbocycles. The van der Waals surface area contributed by atoms with Crippen molar-refractivity contribution in [3.05, 3.63) is 42.8 Å². The molecule has 3 nitrogen and oxygen atoms in total. The van der Waals surface area contributed by atoms with Crippen LogP contribution in [0.2, 0.25) is 0 Å². The van der Waals surface area contributed by atoms with Crippen LogP contribution in [0.4, 0.5) is 0 Å². The quantitative estimate of drug-likeness (QED) is 0.745. The van der Waals surface area contributed by atoms with Gasteiger partial charge in [-0.05, 0) is 25.6 Å². The summed E-state index contributed by atoms with van der Waals surface area (Å²) in [7, 11) is 0. The van der Waals surface area contributed by atoms with Crippen LogP contribution in [0, 0.1) is 6.92 Å². The molecule has 2 rings (SSSR count). The van der Waals surface area contributed by atoms with E-state index in [0.717, 1.165) is 38.3 Å². The van der Waals surface area contributed by atoms with E-state index in [2.05, 4.69) is 11.8 Å². The molecule has 0 atom stereocenters. The van der Waals surface area contributed by atoms with Gasteiger partial charge in [0.15, 0.2) is 0 Å².